The molecule has 3 rings (SSSR count). The highest BCUT2D eigenvalue weighted by molar-refractivity contribution is 5.76. The SMILES string of the molecule is CC(C)(CNC(=O)CCc1ccccc1)N1CCN(CCc2ncccc2F)CC1. The van der Waals surface area contributed by atoms with E-state index in [-0.39, 0.29) is 17.3 Å². The molecule has 1 aliphatic rings. The third kappa shape index (κ3) is 6.61. The molecule has 1 fully saturated rings. The van der Waals surface area contributed by atoms with Crippen LogP contribution in [0, 0.1) is 5.82 Å². The Morgan fingerprint density at radius 3 is 2.50 bits per heavy atom. The summed E-state index contributed by atoms with van der Waals surface area (Å²) < 4.78 is 13.7. The Morgan fingerprint density at radius 2 is 1.80 bits per heavy atom. The van der Waals surface area contributed by atoms with E-state index in [1.54, 1.807) is 12.3 Å². The van der Waals surface area contributed by atoms with Crippen LogP contribution in [0.2, 0.25) is 0 Å². The fourth-order valence-electron chi connectivity index (χ4n) is 3.86. The van der Waals surface area contributed by atoms with Crippen molar-refractivity contribution in [1.29, 1.82) is 0 Å². The van der Waals surface area contributed by atoms with Gasteiger partial charge in [-0.3, -0.25) is 14.7 Å². The summed E-state index contributed by atoms with van der Waals surface area (Å²) in [5.74, 6) is -0.122. The highest BCUT2D eigenvalue weighted by Crippen LogP contribution is 2.17. The van der Waals surface area contributed by atoms with Gasteiger partial charge >= 0.3 is 0 Å². The average molecular weight is 413 g/mol. The molecule has 1 aromatic heterocycles. The third-order valence-corrected chi connectivity index (χ3v) is 5.93. The molecule has 30 heavy (non-hydrogen) atoms. The highest BCUT2D eigenvalue weighted by atomic mass is 19.1. The number of hydrogen-bond acceptors (Lipinski definition) is 4. The predicted molar refractivity (Wildman–Crippen MR) is 118 cm³/mol. The molecule has 2 aromatic rings. The first-order chi connectivity index (χ1) is 14.4. The summed E-state index contributed by atoms with van der Waals surface area (Å²) in [5, 5.41) is 3.11. The van der Waals surface area contributed by atoms with E-state index in [9.17, 15) is 9.18 Å². The van der Waals surface area contributed by atoms with Crippen molar-refractivity contribution in [2.45, 2.75) is 38.6 Å². The molecular weight excluding hydrogens is 379 g/mol. The summed E-state index contributed by atoms with van der Waals surface area (Å²) in [5.41, 5.74) is 1.63. The monoisotopic (exact) mass is 412 g/mol. The lowest BCUT2D eigenvalue weighted by atomic mass is 10.0. The number of carbonyl (C=O) groups is 1. The number of piperazine rings is 1. The van der Waals surface area contributed by atoms with Gasteiger partial charge < -0.3 is 10.2 Å². The van der Waals surface area contributed by atoms with Crippen LogP contribution in [0.3, 0.4) is 0 Å². The number of carbonyl (C=O) groups excluding carboxylic acids is 1. The summed E-state index contributed by atoms with van der Waals surface area (Å²) in [6.45, 7) is 9.60. The number of aryl methyl sites for hydroxylation is 1. The Hall–Kier alpha value is -2.31. The molecule has 1 N–H and O–H groups in total. The van der Waals surface area contributed by atoms with Crippen molar-refractivity contribution in [2.75, 3.05) is 39.3 Å². The molecule has 0 saturated carbocycles. The maximum Gasteiger partial charge on any atom is 0.220 e. The second kappa shape index (κ2) is 10.6. The number of nitrogens with one attached hydrogen (secondary N) is 1. The van der Waals surface area contributed by atoms with Gasteiger partial charge in [-0.05, 0) is 38.0 Å². The van der Waals surface area contributed by atoms with Gasteiger partial charge in [0.15, 0.2) is 0 Å². The van der Waals surface area contributed by atoms with Crippen molar-refractivity contribution < 1.29 is 9.18 Å². The van der Waals surface area contributed by atoms with Crippen LogP contribution in [0.25, 0.3) is 0 Å². The minimum Gasteiger partial charge on any atom is -0.354 e. The van der Waals surface area contributed by atoms with Gasteiger partial charge in [-0.15, -0.1) is 0 Å². The molecule has 2 heterocycles. The van der Waals surface area contributed by atoms with Crippen molar-refractivity contribution in [3.63, 3.8) is 0 Å². The molecular formula is C24H33FN4O. The maximum absolute atomic E-state index is 13.7. The van der Waals surface area contributed by atoms with Crippen LogP contribution >= 0.6 is 0 Å². The van der Waals surface area contributed by atoms with E-state index in [0.29, 0.717) is 25.1 Å². The van der Waals surface area contributed by atoms with Crippen LogP contribution in [0.5, 0.6) is 0 Å². The van der Waals surface area contributed by atoms with Crippen molar-refractivity contribution in [3.8, 4) is 0 Å². The zero-order valence-electron chi connectivity index (χ0n) is 18.1. The summed E-state index contributed by atoms with van der Waals surface area (Å²) >= 11 is 0. The lowest BCUT2D eigenvalue weighted by Gasteiger charge is -2.44. The molecule has 0 unspecified atom stereocenters. The van der Waals surface area contributed by atoms with Gasteiger partial charge in [0.2, 0.25) is 5.91 Å². The number of benzene rings is 1. The Kier molecular flexibility index (Phi) is 7.94. The number of pyridine rings is 1. The lowest BCUT2D eigenvalue weighted by molar-refractivity contribution is -0.121. The van der Waals surface area contributed by atoms with E-state index < -0.39 is 0 Å². The van der Waals surface area contributed by atoms with E-state index in [0.717, 1.165) is 39.1 Å². The zero-order valence-corrected chi connectivity index (χ0v) is 18.1. The number of nitrogens with zero attached hydrogens (tertiary/aromatic N) is 3. The minimum absolute atomic E-state index is 0.0956. The second-order valence-electron chi connectivity index (χ2n) is 8.59. The normalized spacial score (nSPS) is 15.8. The largest absolute Gasteiger partial charge is 0.354 e. The van der Waals surface area contributed by atoms with Gasteiger partial charge in [-0.2, -0.15) is 0 Å². The molecule has 5 nitrogen and oxygen atoms in total. The fraction of sp³-hybridized carbons (Fsp3) is 0.500. The first-order valence-electron chi connectivity index (χ1n) is 10.8. The lowest BCUT2D eigenvalue weighted by Crippen LogP contribution is -2.58. The van der Waals surface area contributed by atoms with Crippen LogP contribution < -0.4 is 5.32 Å². The van der Waals surface area contributed by atoms with Crippen molar-refractivity contribution in [2.24, 2.45) is 0 Å². The zero-order chi connectivity index (χ0) is 21.4. The van der Waals surface area contributed by atoms with Crippen LogP contribution in [0.1, 0.15) is 31.5 Å². The Bertz CT molecular complexity index is 804. The van der Waals surface area contributed by atoms with Crippen molar-refractivity contribution in [3.05, 3.63) is 65.7 Å². The van der Waals surface area contributed by atoms with Crippen LogP contribution in [-0.4, -0.2) is 65.5 Å². The molecule has 0 spiro atoms. The van der Waals surface area contributed by atoms with E-state index >= 15 is 0 Å². The number of aromatic nitrogens is 1. The van der Waals surface area contributed by atoms with E-state index in [4.69, 9.17) is 0 Å². The van der Waals surface area contributed by atoms with Crippen LogP contribution in [-0.2, 0) is 17.6 Å². The Labute approximate surface area is 179 Å². The fourth-order valence-corrected chi connectivity index (χ4v) is 3.86. The third-order valence-electron chi connectivity index (χ3n) is 5.93. The number of hydrogen-bond donors (Lipinski definition) is 1. The van der Waals surface area contributed by atoms with Gasteiger partial charge in [0, 0.05) is 63.8 Å². The summed E-state index contributed by atoms with van der Waals surface area (Å²) in [4.78, 5) is 21.2. The summed E-state index contributed by atoms with van der Waals surface area (Å²) in [6.07, 6.45) is 3.56. The topological polar surface area (TPSA) is 48.5 Å². The molecule has 6 heteroatoms. The predicted octanol–water partition coefficient (Wildman–Crippen LogP) is 2.91. The molecule has 0 aliphatic carbocycles. The standard InChI is InChI=1S/C24H33FN4O/c1-24(2,19-27-23(30)11-10-20-7-4-3-5-8-20)29-17-15-28(16-18-29)14-12-22-21(25)9-6-13-26-22/h3-9,13H,10-12,14-19H2,1-2H3,(H,27,30). The Balaban J connectivity index is 1.37. The van der Waals surface area contributed by atoms with Crippen molar-refractivity contribution >= 4 is 5.91 Å². The molecule has 0 bridgehead atoms. The summed E-state index contributed by atoms with van der Waals surface area (Å²) in [6, 6.07) is 13.2. The second-order valence-corrected chi connectivity index (χ2v) is 8.59. The van der Waals surface area contributed by atoms with E-state index in [1.807, 2.05) is 18.2 Å². The summed E-state index contributed by atoms with van der Waals surface area (Å²) in [7, 11) is 0. The van der Waals surface area contributed by atoms with Gasteiger partial charge in [0.1, 0.15) is 5.82 Å². The van der Waals surface area contributed by atoms with E-state index in [1.165, 1.54) is 11.6 Å². The molecule has 1 amide bonds. The van der Waals surface area contributed by atoms with Gasteiger partial charge in [0.05, 0.1) is 5.69 Å². The highest BCUT2D eigenvalue weighted by Gasteiger charge is 2.30. The van der Waals surface area contributed by atoms with E-state index in [2.05, 4.69) is 46.1 Å². The first kappa shape index (κ1) is 22.4. The molecule has 1 saturated heterocycles. The Morgan fingerprint density at radius 1 is 1.07 bits per heavy atom. The molecule has 0 atom stereocenters. The van der Waals surface area contributed by atoms with Gasteiger partial charge in [-0.25, -0.2) is 4.39 Å². The quantitative estimate of drug-likeness (QED) is 0.688. The molecule has 1 aromatic carbocycles. The molecule has 1 aliphatic heterocycles. The number of amides is 1. The smallest absolute Gasteiger partial charge is 0.220 e. The average Bonchev–Trinajstić information content (AvgIpc) is 2.77. The molecule has 162 valence electrons. The van der Waals surface area contributed by atoms with Crippen LogP contribution in [0.4, 0.5) is 4.39 Å². The first-order valence-corrected chi connectivity index (χ1v) is 10.8. The minimum atomic E-state index is -0.222. The number of halogens is 1. The van der Waals surface area contributed by atoms with Gasteiger partial charge in [0.25, 0.3) is 0 Å². The van der Waals surface area contributed by atoms with Crippen molar-refractivity contribution in [1.82, 2.24) is 20.1 Å². The number of rotatable bonds is 9. The van der Waals surface area contributed by atoms with Gasteiger partial charge in [-0.1, -0.05) is 30.3 Å². The maximum atomic E-state index is 13.7. The van der Waals surface area contributed by atoms with Crippen LogP contribution in [0.15, 0.2) is 48.7 Å². The molecule has 0 radical (unpaired) electrons.